The molecule has 0 amide bonds. The third-order valence-electron chi connectivity index (χ3n) is 2.28. The zero-order chi connectivity index (χ0) is 12.2. The molecule has 5 nitrogen and oxygen atoms in total. The molecule has 1 aliphatic rings. The Morgan fingerprint density at radius 3 is 2.25 bits per heavy atom. The SMILES string of the molecule is CC(CBr)(CBr)NS(=O)(=O)N1CCOCC1. The molecule has 1 aliphatic heterocycles. The Morgan fingerprint density at radius 1 is 1.31 bits per heavy atom. The minimum absolute atomic E-state index is 0.413. The average Bonchev–Trinajstić information content (AvgIpc) is 2.29. The van der Waals surface area contributed by atoms with Gasteiger partial charge in [-0.15, -0.1) is 0 Å². The second kappa shape index (κ2) is 6.10. The Labute approximate surface area is 113 Å². The van der Waals surface area contributed by atoms with Crippen LogP contribution >= 0.6 is 31.9 Å². The molecule has 0 aromatic carbocycles. The number of alkyl halides is 2. The van der Waals surface area contributed by atoms with Crippen molar-refractivity contribution in [3.8, 4) is 0 Å². The number of rotatable bonds is 5. The quantitative estimate of drug-likeness (QED) is 0.715. The van der Waals surface area contributed by atoms with Crippen LogP contribution in [0.1, 0.15) is 6.92 Å². The number of nitrogens with one attached hydrogen (secondary N) is 1. The van der Waals surface area contributed by atoms with Gasteiger partial charge >= 0.3 is 0 Å². The van der Waals surface area contributed by atoms with Gasteiger partial charge < -0.3 is 4.74 Å². The molecule has 0 aromatic rings. The van der Waals surface area contributed by atoms with E-state index in [0.717, 1.165) is 0 Å². The van der Waals surface area contributed by atoms with Crippen molar-refractivity contribution in [1.82, 2.24) is 9.03 Å². The van der Waals surface area contributed by atoms with E-state index < -0.39 is 15.7 Å². The van der Waals surface area contributed by atoms with Gasteiger partial charge in [-0.1, -0.05) is 31.9 Å². The van der Waals surface area contributed by atoms with Crippen LogP contribution in [0.5, 0.6) is 0 Å². The van der Waals surface area contributed by atoms with Crippen LogP contribution in [0.2, 0.25) is 0 Å². The first-order valence-electron chi connectivity index (χ1n) is 4.92. The number of hydrogen-bond acceptors (Lipinski definition) is 3. The Morgan fingerprint density at radius 2 is 1.81 bits per heavy atom. The first-order chi connectivity index (χ1) is 7.43. The Balaban J connectivity index is 2.70. The molecule has 0 saturated carbocycles. The van der Waals surface area contributed by atoms with Crippen molar-refractivity contribution in [2.24, 2.45) is 0 Å². The lowest BCUT2D eigenvalue weighted by molar-refractivity contribution is 0.0721. The summed E-state index contributed by atoms with van der Waals surface area (Å²) in [5.41, 5.74) is -0.517. The van der Waals surface area contributed by atoms with Crippen molar-refractivity contribution < 1.29 is 13.2 Å². The summed E-state index contributed by atoms with van der Waals surface area (Å²) in [5, 5.41) is 1.10. The van der Waals surface area contributed by atoms with Gasteiger partial charge in [-0.3, -0.25) is 0 Å². The molecule has 0 unspecified atom stereocenters. The van der Waals surface area contributed by atoms with E-state index in [1.807, 2.05) is 6.92 Å². The van der Waals surface area contributed by atoms with Crippen LogP contribution < -0.4 is 4.72 Å². The third kappa shape index (κ3) is 3.92. The van der Waals surface area contributed by atoms with E-state index in [2.05, 4.69) is 36.6 Å². The molecule has 8 heteroatoms. The van der Waals surface area contributed by atoms with Crippen LogP contribution in [0.15, 0.2) is 0 Å². The molecule has 1 rings (SSSR count). The minimum atomic E-state index is -3.42. The molecule has 0 atom stereocenters. The smallest absolute Gasteiger partial charge is 0.280 e. The molecule has 0 spiro atoms. The standard InChI is InChI=1S/C8H16Br2N2O3S/c1-8(6-9,7-10)11-16(13,14)12-2-4-15-5-3-12/h11H,2-7H2,1H3. The van der Waals surface area contributed by atoms with Crippen LogP contribution in [0.25, 0.3) is 0 Å². The van der Waals surface area contributed by atoms with Gasteiger partial charge in [0.1, 0.15) is 0 Å². The summed E-state index contributed by atoms with van der Waals surface area (Å²) in [6.07, 6.45) is 0. The maximum absolute atomic E-state index is 12.0. The zero-order valence-corrected chi connectivity index (χ0v) is 13.1. The van der Waals surface area contributed by atoms with Gasteiger partial charge in [0.2, 0.25) is 0 Å². The largest absolute Gasteiger partial charge is 0.379 e. The Bertz CT molecular complexity index is 313. The maximum Gasteiger partial charge on any atom is 0.280 e. The molecular formula is C8H16Br2N2O3S. The molecule has 0 radical (unpaired) electrons. The lowest BCUT2D eigenvalue weighted by atomic mass is 10.1. The molecule has 1 saturated heterocycles. The molecule has 1 N–H and O–H groups in total. The van der Waals surface area contributed by atoms with Gasteiger partial charge in [-0.2, -0.15) is 17.4 Å². The van der Waals surface area contributed by atoms with Gasteiger partial charge in [-0.25, -0.2) is 0 Å². The number of nitrogens with zero attached hydrogens (tertiary/aromatic N) is 1. The monoisotopic (exact) mass is 378 g/mol. The van der Waals surface area contributed by atoms with Crippen LogP contribution in [0.4, 0.5) is 0 Å². The minimum Gasteiger partial charge on any atom is -0.379 e. The van der Waals surface area contributed by atoms with E-state index in [-0.39, 0.29) is 0 Å². The highest BCUT2D eigenvalue weighted by Gasteiger charge is 2.32. The zero-order valence-electron chi connectivity index (χ0n) is 9.08. The second-order valence-corrected chi connectivity index (χ2v) is 6.74. The van der Waals surface area contributed by atoms with Gasteiger partial charge in [0, 0.05) is 23.7 Å². The molecule has 0 aromatic heterocycles. The van der Waals surface area contributed by atoms with E-state index in [9.17, 15) is 8.42 Å². The van der Waals surface area contributed by atoms with Crippen LogP contribution in [0.3, 0.4) is 0 Å². The van der Waals surface area contributed by atoms with E-state index >= 15 is 0 Å². The molecule has 0 bridgehead atoms. The number of halogens is 2. The topological polar surface area (TPSA) is 58.6 Å². The number of hydrogen-bond donors (Lipinski definition) is 1. The van der Waals surface area contributed by atoms with Crippen molar-refractivity contribution in [1.29, 1.82) is 0 Å². The van der Waals surface area contributed by atoms with Gasteiger partial charge in [0.15, 0.2) is 0 Å². The van der Waals surface area contributed by atoms with Gasteiger partial charge in [-0.05, 0) is 6.92 Å². The summed E-state index contributed by atoms with van der Waals surface area (Å²) >= 11 is 6.62. The summed E-state index contributed by atoms with van der Waals surface area (Å²) in [4.78, 5) is 0. The number of morpholine rings is 1. The summed E-state index contributed by atoms with van der Waals surface area (Å²) in [6.45, 7) is 3.58. The average molecular weight is 380 g/mol. The normalized spacial score (nSPS) is 19.9. The highest BCUT2D eigenvalue weighted by Crippen LogP contribution is 2.15. The fraction of sp³-hybridized carbons (Fsp3) is 1.00. The van der Waals surface area contributed by atoms with Crippen LogP contribution in [-0.2, 0) is 14.9 Å². The predicted octanol–water partition coefficient (Wildman–Crippen LogP) is 0.702. The highest BCUT2D eigenvalue weighted by molar-refractivity contribution is 9.09. The van der Waals surface area contributed by atoms with Gasteiger partial charge in [0.05, 0.1) is 18.8 Å². The molecule has 0 aliphatic carbocycles. The third-order valence-corrected chi connectivity index (χ3v) is 6.55. The molecular weight excluding hydrogens is 364 g/mol. The summed E-state index contributed by atoms with van der Waals surface area (Å²) < 4.78 is 33.3. The fourth-order valence-corrected chi connectivity index (χ4v) is 4.36. The second-order valence-electron chi connectivity index (χ2n) is 3.95. The molecule has 96 valence electrons. The lowest BCUT2D eigenvalue weighted by Gasteiger charge is -2.32. The van der Waals surface area contributed by atoms with Crippen molar-refractivity contribution in [2.75, 3.05) is 37.0 Å². The predicted molar refractivity (Wildman–Crippen MR) is 70.4 cm³/mol. The van der Waals surface area contributed by atoms with Crippen molar-refractivity contribution in [2.45, 2.75) is 12.5 Å². The Hall–Kier alpha value is 0.790. The molecule has 1 heterocycles. The van der Waals surface area contributed by atoms with Crippen molar-refractivity contribution >= 4 is 42.1 Å². The maximum atomic E-state index is 12.0. The summed E-state index contributed by atoms with van der Waals surface area (Å²) in [7, 11) is -3.42. The van der Waals surface area contributed by atoms with Crippen molar-refractivity contribution in [3.05, 3.63) is 0 Å². The lowest BCUT2D eigenvalue weighted by Crippen LogP contribution is -2.56. The highest BCUT2D eigenvalue weighted by atomic mass is 79.9. The van der Waals surface area contributed by atoms with Crippen molar-refractivity contribution in [3.63, 3.8) is 0 Å². The van der Waals surface area contributed by atoms with E-state index in [1.54, 1.807) is 0 Å². The first kappa shape index (κ1) is 14.8. The molecule has 16 heavy (non-hydrogen) atoms. The van der Waals surface area contributed by atoms with E-state index in [4.69, 9.17) is 4.74 Å². The van der Waals surface area contributed by atoms with Crippen LogP contribution in [-0.4, -0.2) is 55.2 Å². The number of ether oxygens (including phenoxy) is 1. The van der Waals surface area contributed by atoms with Crippen LogP contribution in [0, 0.1) is 0 Å². The summed E-state index contributed by atoms with van der Waals surface area (Å²) in [5.74, 6) is 0. The van der Waals surface area contributed by atoms with Gasteiger partial charge in [0.25, 0.3) is 10.2 Å². The first-order valence-corrected chi connectivity index (χ1v) is 8.60. The van der Waals surface area contributed by atoms with E-state index in [1.165, 1.54) is 4.31 Å². The van der Waals surface area contributed by atoms with E-state index in [0.29, 0.717) is 37.0 Å². The molecule has 1 fully saturated rings. The Kier molecular flexibility index (Phi) is 5.66. The fourth-order valence-electron chi connectivity index (χ4n) is 1.25. The summed E-state index contributed by atoms with van der Waals surface area (Å²) in [6, 6.07) is 0.